The van der Waals surface area contributed by atoms with Gasteiger partial charge < -0.3 is 24.3 Å². The summed E-state index contributed by atoms with van der Waals surface area (Å²) in [6.45, 7) is 1.47. The number of anilines is 1. The fourth-order valence-electron chi connectivity index (χ4n) is 2.67. The molecule has 8 heteroatoms. The Labute approximate surface area is 165 Å². The van der Waals surface area contributed by atoms with E-state index in [4.69, 9.17) is 25.5 Å². The van der Waals surface area contributed by atoms with Crippen LogP contribution in [0.25, 0.3) is 11.0 Å². The van der Waals surface area contributed by atoms with Crippen LogP contribution in [-0.4, -0.2) is 30.2 Å². The van der Waals surface area contributed by atoms with Gasteiger partial charge in [0.2, 0.25) is 0 Å². The van der Waals surface area contributed by atoms with Gasteiger partial charge in [0.05, 0.1) is 25.5 Å². The summed E-state index contributed by atoms with van der Waals surface area (Å²) in [6.07, 6.45) is 0.321. The van der Waals surface area contributed by atoms with Crippen molar-refractivity contribution in [2.24, 2.45) is 0 Å². The molecule has 0 saturated carbocycles. The summed E-state index contributed by atoms with van der Waals surface area (Å²) in [5, 5.41) is 13.2. The molecule has 0 fully saturated rings. The Kier molecular flexibility index (Phi) is 5.75. The third-order valence-corrected chi connectivity index (χ3v) is 4.31. The topological polar surface area (TPSA) is 98.0 Å². The van der Waals surface area contributed by atoms with Crippen LogP contribution in [0.2, 0.25) is 5.02 Å². The van der Waals surface area contributed by atoms with Crippen LogP contribution in [0.3, 0.4) is 0 Å². The quantitative estimate of drug-likeness (QED) is 0.605. The molecule has 0 aliphatic rings. The maximum absolute atomic E-state index is 12.3. The third-order valence-electron chi connectivity index (χ3n) is 4.07. The minimum Gasteiger partial charge on any atom is -0.508 e. The number of fused-ring (bicyclic) bond motifs is 1. The molecule has 0 spiro atoms. The van der Waals surface area contributed by atoms with Crippen LogP contribution in [-0.2, 0) is 20.7 Å². The molecule has 28 heavy (non-hydrogen) atoms. The highest BCUT2D eigenvalue weighted by molar-refractivity contribution is 6.31. The second-order valence-electron chi connectivity index (χ2n) is 6.08. The average Bonchev–Trinajstić information content (AvgIpc) is 3.03. The molecule has 0 bridgehead atoms. The van der Waals surface area contributed by atoms with Crippen molar-refractivity contribution in [3.05, 3.63) is 53.2 Å². The lowest BCUT2D eigenvalue weighted by molar-refractivity contribution is -0.152. The van der Waals surface area contributed by atoms with E-state index in [1.165, 1.54) is 32.4 Å². The highest BCUT2D eigenvalue weighted by Gasteiger charge is 2.21. The first-order valence-corrected chi connectivity index (χ1v) is 8.78. The second-order valence-corrected chi connectivity index (χ2v) is 6.52. The Hall–Kier alpha value is -3.19. The van der Waals surface area contributed by atoms with Crippen molar-refractivity contribution in [1.82, 2.24) is 0 Å². The first-order chi connectivity index (χ1) is 13.4. The number of rotatable bonds is 6. The number of carbonyl (C=O) groups is 2. The van der Waals surface area contributed by atoms with Crippen molar-refractivity contribution < 1.29 is 28.6 Å². The van der Waals surface area contributed by atoms with E-state index < -0.39 is 18.0 Å². The largest absolute Gasteiger partial charge is 0.508 e. The molecule has 146 valence electrons. The van der Waals surface area contributed by atoms with Gasteiger partial charge in [0, 0.05) is 22.0 Å². The molecule has 1 atom stereocenters. The molecule has 0 aliphatic carbocycles. The van der Waals surface area contributed by atoms with Crippen LogP contribution >= 0.6 is 11.6 Å². The van der Waals surface area contributed by atoms with Crippen molar-refractivity contribution in [1.29, 1.82) is 0 Å². The number of amides is 1. The van der Waals surface area contributed by atoms with Crippen molar-refractivity contribution in [2.75, 3.05) is 12.4 Å². The number of aromatic hydroxyl groups is 1. The number of carbonyl (C=O) groups excluding carboxylic acids is 2. The van der Waals surface area contributed by atoms with Crippen LogP contribution < -0.4 is 10.1 Å². The maximum Gasteiger partial charge on any atom is 0.311 e. The smallest absolute Gasteiger partial charge is 0.311 e. The van der Waals surface area contributed by atoms with Crippen LogP contribution in [0.15, 0.2) is 47.1 Å². The van der Waals surface area contributed by atoms with Crippen molar-refractivity contribution in [2.45, 2.75) is 19.4 Å². The highest BCUT2D eigenvalue weighted by atomic mass is 35.5. The number of methoxy groups -OCH3 is 1. The van der Waals surface area contributed by atoms with E-state index in [1.807, 2.05) is 0 Å². The van der Waals surface area contributed by atoms with Crippen LogP contribution in [0.1, 0.15) is 12.5 Å². The number of furan rings is 1. The summed E-state index contributed by atoms with van der Waals surface area (Å²) >= 11 is 5.94. The maximum atomic E-state index is 12.3. The fourth-order valence-corrected chi connectivity index (χ4v) is 2.84. The van der Waals surface area contributed by atoms with Crippen molar-refractivity contribution >= 4 is 40.1 Å². The summed E-state index contributed by atoms with van der Waals surface area (Å²) in [5.41, 5.74) is 1.44. The fraction of sp³-hybridized carbons (Fsp3) is 0.200. The van der Waals surface area contributed by atoms with Crippen molar-refractivity contribution in [3.8, 4) is 11.5 Å². The second kappa shape index (κ2) is 8.22. The molecule has 0 radical (unpaired) electrons. The molecule has 2 aromatic carbocycles. The van der Waals surface area contributed by atoms with Gasteiger partial charge in [-0.3, -0.25) is 9.59 Å². The molecular formula is C20H18ClNO6. The molecule has 3 aromatic rings. The van der Waals surface area contributed by atoms with Crippen LogP contribution in [0, 0.1) is 0 Å². The van der Waals surface area contributed by atoms with Gasteiger partial charge in [0.1, 0.15) is 17.1 Å². The van der Waals surface area contributed by atoms with Crippen LogP contribution in [0.4, 0.5) is 5.69 Å². The van der Waals surface area contributed by atoms with E-state index in [1.54, 1.807) is 24.3 Å². The Morgan fingerprint density at radius 3 is 2.79 bits per heavy atom. The molecule has 7 nitrogen and oxygen atoms in total. The minimum atomic E-state index is -1.03. The molecule has 0 saturated heterocycles. The Morgan fingerprint density at radius 2 is 2.04 bits per heavy atom. The number of hydrogen-bond donors (Lipinski definition) is 2. The molecular weight excluding hydrogens is 386 g/mol. The summed E-state index contributed by atoms with van der Waals surface area (Å²) in [4.78, 5) is 24.6. The van der Waals surface area contributed by atoms with Gasteiger partial charge in [-0.15, -0.1) is 0 Å². The Morgan fingerprint density at radius 1 is 1.25 bits per heavy atom. The number of benzene rings is 2. The highest BCUT2D eigenvalue weighted by Crippen LogP contribution is 2.28. The van der Waals surface area contributed by atoms with Gasteiger partial charge >= 0.3 is 5.97 Å². The molecule has 1 aromatic heterocycles. The molecule has 3 rings (SSSR count). The lowest BCUT2D eigenvalue weighted by Crippen LogP contribution is -2.30. The van der Waals surface area contributed by atoms with E-state index in [-0.39, 0.29) is 12.2 Å². The van der Waals surface area contributed by atoms with Gasteiger partial charge in [-0.1, -0.05) is 11.6 Å². The number of phenolic OH excluding ortho intramolecular Hbond substituents is 1. The Balaban J connectivity index is 1.63. The van der Waals surface area contributed by atoms with E-state index in [9.17, 15) is 14.7 Å². The predicted octanol–water partition coefficient (Wildman–Crippen LogP) is 3.91. The summed E-state index contributed by atoms with van der Waals surface area (Å²) in [6, 6.07) is 9.41. The molecule has 2 N–H and O–H groups in total. The zero-order valence-corrected chi connectivity index (χ0v) is 15.9. The molecule has 1 heterocycles. The zero-order valence-electron chi connectivity index (χ0n) is 15.2. The number of ether oxygens (including phenoxy) is 2. The summed E-state index contributed by atoms with van der Waals surface area (Å²) < 4.78 is 15.7. The SMILES string of the molecule is COc1ccc(Cl)cc1NC(=O)[C@@H](C)OC(=O)Cc1coc2cc(O)ccc12. The molecule has 1 amide bonds. The zero-order chi connectivity index (χ0) is 20.3. The summed E-state index contributed by atoms with van der Waals surface area (Å²) in [7, 11) is 1.47. The van der Waals surface area contributed by atoms with Gasteiger partial charge in [0.15, 0.2) is 6.10 Å². The summed E-state index contributed by atoms with van der Waals surface area (Å²) in [5.74, 6) is -0.602. The minimum absolute atomic E-state index is 0.0673. The molecule has 0 aliphatic heterocycles. The van der Waals surface area contributed by atoms with E-state index in [0.717, 1.165) is 0 Å². The first kappa shape index (κ1) is 19.6. The molecule has 0 unspecified atom stereocenters. The average molecular weight is 404 g/mol. The predicted molar refractivity (Wildman–Crippen MR) is 104 cm³/mol. The third kappa shape index (κ3) is 4.37. The number of halogens is 1. The number of esters is 1. The van der Waals surface area contributed by atoms with E-state index >= 15 is 0 Å². The lowest BCUT2D eigenvalue weighted by Gasteiger charge is -2.15. The number of hydrogen-bond acceptors (Lipinski definition) is 6. The Bertz CT molecular complexity index is 1030. The van der Waals surface area contributed by atoms with E-state index in [0.29, 0.717) is 33.0 Å². The van der Waals surface area contributed by atoms with Gasteiger partial charge in [-0.25, -0.2) is 0 Å². The van der Waals surface area contributed by atoms with Gasteiger partial charge in [-0.05, 0) is 37.3 Å². The standard InChI is InChI=1S/C20H18ClNO6/c1-11(20(25)22-16-8-13(21)3-6-17(16)26-2)28-19(24)7-12-10-27-18-9-14(23)4-5-15(12)18/h3-6,8-11,23H,7H2,1-2H3,(H,22,25)/t11-/m1/s1. The lowest BCUT2D eigenvalue weighted by atomic mass is 10.1. The monoisotopic (exact) mass is 403 g/mol. The van der Waals surface area contributed by atoms with Crippen LogP contribution in [0.5, 0.6) is 11.5 Å². The van der Waals surface area contributed by atoms with E-state index in [2.05, 4.69) is 5.32 Å². The van der Waals surface area contributed by atoms with Gasteiger partial charge in [0.25, 0.3) is 5.91 Å². The number of nitrogens with one attached hydrogen (secondary N) is 1. The number of phenols is 1. The van der Waals surface area contributed by atoms with Crippen molar-refractivity contribution in [3.63, 3.8) is 0 Å². The first-order valence-electron chi connectivity index (χ1n) is 8.40. The van der Waals surface area contributed by atoms with Gasteiger partial charge in [-0.2, -0.15) is 0 Å². The normalized spacial score (nSPS) is 11.8.